The molecule has 0 aromatic rings. The summed E-state index contributed by atoms with van der Waals surface area (Å²) < 4.78 is 4.64. The number of methoxy groups -OCH3 is 1. The van der Waals surface area contributed by atoms with Crippen molar-refractivity contribution >= 4 is 17.6 Å². The number of esters is 1. The van der Waals surface area contributed by atoms with Crippen LogP contribution in [0.3, 0.4) is 0 Å². The van der Waals surface area contributed by atoms with E-state index >= 15 is 0 Å². The molecule has 0 amide bonds. The molecule has 3 heteroatoms. The van der Waals surface area contributed by atoms with Crippen LogP contribution in [0.2, 0.25) is 0 Å². The minimum absolute atomic E-state index is 0.0825. The van der Waals surface area contributed by atoms with Crippen molar-refractivity contribution < 1.29 is 9.53 Å². The van der Waals surface area contributed by atoms with Gasteiger partial charge in [-0.1, -0.05) is 0 Å². The Kier molecular flexibility index (Phi) is 2.67. The summed E-state index contributed by atoms with van der Waals surface area (Å²) in [6, 6.07) is 0. The molecule has 0 saturated heterocycles. The zero-order valence-electron chi connectivity index (χ0n) is 7.76. The van der Waals surface area contributed by atoms with Crippen LogP contribution < -0.4 is 0 Å². The Balaban J connectivity index is 2.29. The fourth-order valence-electron chi connectivity index (χ4n) is 1.54. The van der Waals surface area contributed by atoms with Crippen LogP contribution in [0.5, 0.6) is 0 Å². The maximum absolute atomic E-state index is 11.0. The molecule has 2 nitrogen and oxygen atoms in total. The van der Waals surface area contributed by atoms with Crippen LogP contribution in [0.25, 0.3) is 0 Å². The van der Waals surface area contributed by atoms with E-state index in [9.17, 15) is 4.79 Å². The largest absolute Gasteiger partial charge is 0.469 e. The Morgan fingerprint density at radius 1 is 1.67 bits per heavy atom. The SMILES string of the molecule is COC(=O)C1CC1CC(C)(C)Cl. The van der Waals surface area contributed by atoms with Crippen LogP contribution in [0, 0.1) is 11.8 Å². The molecule has 1 aliphatic carbocycles. The number of alkyl halides is 1. The second-order valence-corrected chi connectivity index (χ2v) is 5.07. The van der Waals surface area contributed by atoms with Gasteiger partial charge in [0.25, 0.3) is 0 Å². The van der Waals surface area contributed by atoms with Gasteiger partial charge in [-0.2, -0.15) is 0 Å². The zero-order valence-corrected chi connectivity index (χ0v) is 8.52. The highest BCUT2D eigenvalue weighted by Gasteiger charge is 2.45. The predicted octanol–water partition coefficient (Wildman–Crippen LogP) is 2.20. The smallest absolute Gasteiger partial charge is 0.308 e. The summed E-state index contributed by atoms with van der Waals surface area (Å²) in [6.45, 7) is 3.95. The molecule has 0 aliphatic heterocycles. The third-order valence-corrected chi connectivity index (χ3v) is 2.33. The van der Waals surface area contributed by atoms with Gasteiger partial charge in [0.2, 0.25) is 0 Å². The van der Waals surface area contributed by atoms with Gasteiger partial charge in [-0.05, 0) is 32.6 Å². The highest BCUT2D eigenvalue weighted by atomic mass is 35.5. The van der Waals surface area contributed by atoms with Crippen molar-refractivity contribution in [1.82, 2.24) is 0 Å². The standard InChI is InChI=1S/C9H15ClO2/c1-9(2,10)5-6-4-7(6)8(11)12-3/h6-7H,4-5H2,1-3H3. The molecule has 0 spiro atoms. The summed E-state index contributed by atoms with van der Waals surface area (Å²) in [5.74, 6) is 0.485. The fourth-order valence-corrected chi connectivity index (χ4v) is 1.73. The Hall–Kier alpha value is -0.240. The first-order valence-electron chi connectivity index (χ1n) is 4.21. The summed E-state index contributed by atoms with van der Waals surface area (Å²) in [4.78, 5) is 10.8. The fraction of sp³-hybridized carbons (Fsp3) is 0.889. The molecule has 12 heavy (non-hydrogen) atoms. The van der Waals surface area contributed by atoms with Crippen molar-refractivity contribution in [3.63, 3.8) is 0 Å². The quantitative estimate of drug-likeness (QED) is 0.504. The number of halogens is 1. The van der Waals surface area contributed by atoms with Gasteiger partial charge in [0, 0.05) is 4.87 Å². The lowest BCUT2D eigenvalue weighted by Gasteiger charge is -2.14. The first kappa shape index (κ1) is 9.85. The minimum Gasteiger partial charge on any atom is -0.469 e. The maximum atomic E-state index is 11.0. The molecule has 70 valence electrons. The van der Waals surface area contributed by atoms with Gasteiger partial charge in [0.15, 0.2) is 0 Å². The molecule has 0 aromatic carbocycles. The lowest BCUT2D eigenvalue weighted by molar-refractivity contribution is -0.142. The average molecular weight is 191 g/mol. The Morgan fingerprint density at radius 2 is 2.25 bits per heavy atom. The second-order valence-electron chi connectivity index (χ2n) is 4.05. The molecule has 0 heterocycles. The first-order chi connectivity index (χ1) is 5.44. The Morgan fingerprint density at radius 3 is 2.67 bits per heavy atom. The lowest BCUT2D eigenvalue weighted by Crippen LogP contribution is -2.13. The molecular weight excluding hydrogens is 176 g/mol. The molecule has 0 aromatic heterocycles. The maximum Gasteiger partial charge on any atom is 0.308 e. The van der Waals surface area contributed by atoms with E-state index in [0.29, 0.717) is 5.92 Å². The van der Waals surface area contributed by atoms with Crippen LogP contribution in [-0.2, 0) is 9.53 Å². The highest BCUT2D eigenvalue weighted by Crippen LogP contribution is 2.45. The summed E-state index contributed by atoms with van der Waals surface area (Å²) in [5.41, 5.74) is 0. The summed E-state index contributed by atoms with van der Waals surface area (Å²) >= 11 is 6.03. The second kappa shape index (κ2) is 3.25. The number of hydrogen-bond acceptors (Lipinski definition) is 2. The summed E-state index contributed by atoms with van der Waals surface area (Å²) in [6.07, 6.45) is 1.84. The van der Waals surface area contributed by atoms with E-state index in [0.717, 1.165) is 12.8 Å². The Bertz CT molecular complexity index is 183. The summed E-state index contributed by atoms with van der Waals surface area (Å²) in [7, 11) is 1.43. The van der Waals surface area contributed by atoms with Crippen molar-refractivity contribution in [3.8, 4) is 0 Å². The molecular formula is C9H15ClO2. The molecule has 0 bridgehead atoms. The van der Waals surface area contributed by atoms with Gasteiger partial charge < -0.3 is 4.74 Å². The van der Waals surface area contributed by atoms with Crippen LogP contribution in [0.4, 0.5) is 0 Å². The molecule has 1 fully saturated rings. The van der Waals surface area contributed by atoms with Crippen LogP contribution in [0.15, 0.2) is 0 Å². The van der Waals surface area contributed by atoms with Crippen LogP contribution >= 0.6 is 11.6 Å². The number of carbonyl (C=O) groups is 1. The van der Waals surface area contributed by atoms with E-state index in [2.05, 4.69) is 4.74 Å². The van der Waals surface area contributed by atoms with Gasteiger partial charge >= 0.3 is 5.97 Å². The molecule has 0 N–H and O–H groups in total. The van der Waals surface area contributed by atoms with Gasteiger partial charge in [-0.15, -0.1) is 11.6 Å². The van der Waals surface area contributed by atoms with Crippen molar-refractivity contribution in [3.05, 3.63) is 0 Å². The monoisotopic (exact) mass is 190 g/mol. The van der Waals surface area contributed by atoms with E-state index in [4.69, 9.17) is 11.6 Å². The van der Waals surface area contributed by atoms with Gasteiger partial charge in [-0.25, -0.2) is 0 Å². The molecule has 1 aliphatic rings. The van der Waals surface area contributed by atoms with E-state index in [-0.39, 0.29) is 16.8 Å². The predicted molar refractivity (Wildman–Crippen MR) is 48.2 cm³/mol. The number of carbonyl (C=O) groups excluding carboxylic acids is 1. The zero-order chi connectivity index (χ0) is 9.35. The third kappa shape index (κ3) is 2.67. The van der Waals surface area contributed by atoms with Crippen molar-refractivity contribution in [2.24, 2.45) is 11.8 Å². The molecule has 2 atom stereocenters. The van der Waals surface area contributed by atoms with Gasteiger partial charge in [0.05, 0.1) is 13.0 Å². The van der Waals surface area contributed by atoms with E-state index in [1.165, 1.54) is 7.11 Å². The van der Waals surface area contributed by atoms with Crippen LogP contribution in [-0.4, -0.2) is 18.0 Å². The average Bonchev–Trinajstić information content (AvgIpc) is 2.62. The van der Waals surface area contributed by atoms with E-state index in [1.807, 2.05) is 13.8 Å². The van der Waals surface area contributed by atoms with Crippen LogP contribution in [0.1, 0.15) is 26.7 Å². The van der Waals surface area contributed by atoms with E-state index in [1.54, 1.807) is 0 Å². The first-order valence-corrected chi connectivity index (χ1v) is 4.58. The number of hydrogen-bond donors (Lipinski definition) is 0. The molecule has 2 unspecified atom stereocenters. The Labute approximate surface area is 78.2 Å². The lowest BCUT2D eigenvalue weighted by atomic mass is 10.1. The van der Waals surface area contributed by atoms with Crippen molar-refractivity contribution in [1.29, 1.82) is 0 Å². The van der Waals surface area contributed by atoms with E-state index < -0.39 is 0 Å². The van der Waals surface area contributed by atoms with Gasteiger partial charge in [-0.3, -0.25) is 4.79 Å². The summed E-state index contributed by atoms with van der Waals surface area (Å²) in [5, 5.41) is 0. The van der Waals surface area contributed by atoms with Crippen molar-refractivity contribution in [2.45, 2.75) is 31.6 Å². The van der Waals surface area contributed by atoms with Gasteiger partial charge in [0.1, 0.15) is 0 Å². The molecule has 1 saturated carbocycles. The topological polar surface area (TPSA) is 26.3 Å². The highest BCUT2D eigenvalue weighted by molar-refractivity contribution is 6.23. The molecule has 1 rings (SSSR count). The minimum atomic E-state index is -0.187. The normalized spacial score (nSPS) is 28.3. The number of rotatable bonds is 3. The van der Waals surface area contributed by atoms with Crippen molar-refractivity contribution in [2.75, 3.05) is 7.11 Å². The third-order valence-electron chi connectivity index (χ3n) is 2.17. The molecule has 0 radical (unpaired) electrons. The number of ether oxygens (including phenoxy) is 1.